The van der Waals surface area contributed by atoms with Gasteiger partial charge in [0.25, 0.3) is 5.69 Å². The Balaban J connectivity index is 2.14. The summed E-state index contributed by atoms with van der Waals surface area (Å²) in [7, 11) is -3.71. The molecule has 0 aromatic heterocycles. The molecular formula is C13H18N2O5S. The van der Waals surface area contributed by atoms with Gasteiger partial charge >= 0.3 is 0 Å². The zero-order chi connectivity index (χ0) is 15.8. The highest BCUT2D eigenvalue weighted by Gasteiger charge is 2.48. The summed E-state index contributed by atoms with van der Waals surface area (Å²) in [6.07, 6.45) is -0.195. The Morgan fingerprint density at radius 2 is 2.05 bits per heavy atom. The van der Waals surface area contributed by atoms with E-state index in [2.05, 4.69) is 4.72 Å². The number of nitro groups is 1. The number of rotatable bonds is 5. The van der Waals surface area contributed by atoms with Crippen LogP contribution in [0.5, 0.6) is 0 Å². The molecule has 116 valence electrons. The van der Waals surface area contributed by atoms with Crippen molar-refractivity contribution >= 4 is 15.7 Å². The van der Waals surface area contributed by atoms with Gasteiger partial charge in [-0.15, -0.1) is 0 Å². The second-order valence-electron chi connectivity index (χ2n) is 5.89. The van der Waals surface area contributed by atoms with Crippen molar-refractivity contribution in [2.24, 2.45) is 5.41 Å². The van der Waals surface area contributed by atoms with Gasteiger partial charge in [0.2, 0.25) is 10.0 Å². The third kappa shape index (κ3) is 3.22. The summed E-state index contributed by atoms with van der Waals surface area (Å²) in [5, 5.41) is 20.5. The smallest absolute Gasteiger partial charge is 0.273 e. The number of nitrogens with zero attached hydrogens (tertiary/aromatic N) is 1. The molecule has 0 heterocycles. The van der Waals surface area contributed by atoms with Crippen molar-refractivity contribution in [3.05, 3.63) is 39.9 Å². The van der Waals surface area contributed by atoms with Gasteiger partial charge in [0.05, 0.1) is 16.8 Å². The molecule has 1 aromatic carbocycles. The largest absolute Gasteiger partial charge is 0.392 e. The summed E-state index contributed by atoms with van der Waals surface area (Å²) in [6.45, 7) is 3.55. The third-order valence-corrected chi connectivity index (χ3v) is 5.41. The molecule has 2 rings (SSSR count). The number of sulfonamides is 1. The van der Waals surface area contributed by atoms with Crippen molar-refractivity contribution in [2.75, 3.05) is 0 Å². The van der Waals surface area contributed by atoms with Crippen LogP contribution in [0.2, 0.25) is 0 Å². The molecule has 0 radical (unpaired) electrons. The first-order valence-electron chi connectivity index (χ1n) is 6.54. The molecule has 0 bridgehead atoms. The molecule has 1 aliphatic rings. The normalized spacial score (nSPS) is 24.3. The van der Waals surface area contributed by atoms with Crippen LogP contribution in [-0.4, -0.2) is 30.6 Å². The fraction of sp³-hybridized carbons (Fsp3) is 0.538. The van der Waals surface area contributed by atoms with Crippen molar-refractivity contribution in [1.82, 2.24) is 4.72 Å². The van der Waals surface area contributed by atoms with Gasteiger partial charge in [-0.2, -0.15) is 0 Å². The molecule has 8 heteroatoms. The van der Waals surface area contributed by atoms with Gasteiger partial charge in [0.15, 0.2) is 0 Å². The highest BCUT2D eigenvalue weighted by atomic mass is 32.2. The van der Waals surface area contributed by atoms with Crippen LogP contribution in [0.1, 0.15) is 25.8 Å². The summed E-state index contributed by atoms with van der Waals surface area (Å²) in [4.78, 5) is 10.3. The number of nitro benzene ring substituents is 1. The molecular weight excluding hydrogens is 296 g/mol. The second kappa shape index (κ2) is 5.36. The average Bonchev–Trinajstić information content (AvgIpc) is 2.38. The van der Waals surface area contributed by atoms with Crippen LogP contribution in [0.15, 0.2) is 24.3 Å². The van der Waals surface area contributed by atoms with Crippen LogP contribution in [0.25, 0.3) is 0 Å². The molecule has 7 nitrogen and oxygen atoms in total. The maximum atomic E-state index is 12.2. The molecule has 1 aliphatic carbocycles. The molecule has 0 amide bonds. The van der Waals surface area contributed by atoms with Gasteiger partial charge in [-0.1, -0.05) is 32.0 Å². The topological polar surface area (TPSA) is 110 Å². The number of hydrogen-bond donors (Lipinski definition) is 2. The fourth-order valence-corrected chi connectivity index (χ4v) is 3.95. The number of benzene rings is 1. The third-order valence-electron chi connectivity index (χ3n) is 4.07. The Kier molecular flexibility index (Phi) is 4.05. The van der Waals surface area contributed by atoms with Crippen molar-refractivity contribution < 1.29 is 18.4 Å². The molecule has 2 atom stereocenters. The maximum absolute atomic E-state index is 12.2. The standard InChI is InChI=1S/C13H18N2O5S/c1-13(2)11(7-12(13)16)14-21(19,20)8-9-5-3-4-6-10(9)15(17)18/h3-6,11-12,14,16H,7-8H2,1-2H3. The molecule has 0 aliphatic heterocycles. The number of aliphatic hydroxyl groups excluding tert-OH is 1. The van der Waals surface area contributed by atoms with Crippen LogP contribution in [0.3, 0.4) is 0 Å². The lowest BCUT2D eigenvalue weighted by atomic mass is 9.65. The lowest BCUT2D eigenvalue weighted by Gasteiger charge is -2.49. The molecule has 21 heavy (non-hydrogen) atoms. The highest BCUT2D eigenvalue weighted by Crippen LogP contribution is 2.40. The summed E-state index contributed by atoms with van der Waals surface area (Å²) in [5.41, 5.74) is -0.598. The summed E-state index contributed by atoms with van der Waals surface area (Å²) < 4.78 is 26.8. The first kappa shape index (κ1) is 15.9. The zero-order valence-electron chi connectivity index (χ0n) is 11.8. The minimum absolute atomic E-state index is 0.146. The molecule has 0 saturated heterocycles. The van der Waals surface area contributed by atoms with E-state index in [0.29, 0.717) is 6.42 Å². The predicted molar refractivity (Wildman–Crippen MR) is 77.0 cm³/mol. The summed E-state index contributed by atoms with van der Waals surface area (Å²) >= 11 is 0. The Labute approximate surface area is 123 Å². The van der Waals surface area contributed by atoms with Gasteiger partial charge < -0.3 is 5.11 Å². The van der Waals surface area contributed by atoms with Crippen LogP contribution in [-0.2, 0) is 15.8 Å². The summed E-state index contributed by atoms with van der Waals surface area (Å²) in [5.74, 6) is -0.452. The van der Waals surface area contributed by atoms with E-state index in [0.717, 1.165) is 0 Å². The molecule has 2 N–H and O–H groups in total. The van der Waals surface area contributed by atoms with Gasteiger partial charge in [-0.3, -0.25) is 10.1 Å². The molecule has 1 aromatic rings. The lowest BCUT2D eigenvalue weighted by molar-refractivity contribution is -0.385. The second-order valence-corrected chi connectivity index (χ2v) is 7.64. The SMILES string of the molecule is CC1(C)C(O)CC1NS(=O)(=O)Cc1ccccc1[N+](=O)[O-]. The Hall–Kier alpha value is -1.51. The van der Waals surface area contributed by atoms with Crippen molar-refractivity contribution in [2.45, 2.75) is 38.2 Å². The van der Waals surface area contributed by atoms with Gasteiger partial charge in [0.1, 0.15) is 0 Å². The van der Waals surface area contributed by atoms with E-state index in [1.54, 1.807) is 19.9 Å². The van der Waals surface area contributed by atoms with Crippen LogP contribution in [0.4, 0.5) is 5.69 Å². The van der Waals surface area contributed by atoms with E-state index < -0.39 is 32.2 Å². The highest BCUT2D eigenvalue weighted by molar-refractivity contribution is 7.88. The monoisotopic (exact) mass is 314 g/mol. The number of aliphatic hydroxyl groups is 1. The first-order valence-corrected chi connectivity index (χ1v) is 8.19. The minimum atomic E-state index is -3.71. The van der Waals surface area contributed by atoms with Crippen molar-refractivity contribution in [1.29, 1.82) is 0 Å². The number of para-hydroxylation sites is 1. The summed E-state index contributed by atoms with van der Waals surface area (Å²) in [6, 6.07) is 5.40. The van der Waals surface area contributed by atoms with Gasteiger partial charge in [-0.05, 0) is 6.42 Å². The van der Waals surface area contributed by atoms with E-state index in [1.165, 1.54) is 18.2 Å². The lowest BCUT2D eigenvalue weighted by Crippen LogP contribution is -2.61. The minimum Gasteiger partial charge on any atom is -0.392 e. The van der Waals surface area contributed by atoms with Crippen LogP contribution >= 0.6 is 0 Å². The van der Waals surface area contributed by atoms with Crippen LogP contribution in [0, 0.1) is 15.5 Å². The molecule has 2 unspecified atom stereocenters. The van der Waals surface area contributed by atoms with E-state index in [9.17, 15) is 23.6 Å². The fourth-order valence-electron chi connectivity index (χ4n) is 2.38. The van der Waals surface area contributed by atoms with Crippen LogP contribution < -0.4 is 4.72 Å². The number of nitrogens with one attached hydrogen (secondary N) is 1. The first-order chi connectivity index (χ1) is 9.63. The van der Waals surface area contributed by atoms with E-state index in [4.69, 9.17) is 0 Å². The quantitative estimate of drug-likeness (QED) is 0.626. The van der Waals surface area contributed by atoms with Gasteiger partial charge in [0, 0.05) is 23.1 Å². The van der Waals surface area contributed by atoms with Crippen molar-refractivity contribution in [3.63, 3.8) is 0 Å². The number of hydrogen-bond acceptors (Lipinski definition) is 5. The molecule has 1 fully saturated rings. The molecule has 1 saturated carbocycles. The van der Waals surface area contributed by atoms with Gasteiger partial charge in [-0.25, -0.2) is 13.1 Å². The Morgan fingerprint density at radius 3 is 2.57 bits per heavy atom. The van der Waals surface area contributed by atoms with E-state index in [1.807, 2.05) is 0 Å². The predicted octanol–water partition coefficient (Wildman–Crippen LogP) is 1.17. The Bertz CT molecular complexity index is 656. The molecule has 0 spiro atoms. The Morgan fingerprint density at radius 1 is 1.43 bits per heavy atom. The zero-order valence-corrected chi connectivity index (χ0v) is 12.6. The van der Waals surface area contributed by atoms with E-state index in [-0.39, 0.29) is 17.3 Å². The maximum Gasteiger partial charge on any atom is 0.273 e. The average molecular weight is 314 g/mol. The van der Waals surface area contributed by atoms with Crippen molar-refractivity contribution in [3.8, 4) is 0 Å². The van der Waals surface area contributed by atoms with E-state index >= 15 is 0 Å².